The van der Waals surface area contributed by atoms with E-state index in [1.807, 2.05) is 12.1 Å². The summed E-state index contributed by atoms with van der Waals surface area (Å²) < 4.78 is 10.5. The second-order valence-electron chi connectivity index (χ2n) is 4.71. The number of nitrogens with one attached hydrogen (secondary N) is 1. The third-order valence-electron chi connectivity index (χ3n) is 3.41. The third kappa shape index (κ3) is 3.15. The zero-order chi connectivity index (χ0) is 13.0. The van der Waals surface area contributed by atoms with Gasteiger partial charge in [0.05, 0.1) is 7.11 Å². The Morgan fingerprint density at radius 2 is 2.11 bits per heavy atom. The molecule has 4 heteroatoms. The van der Waals surface area contributed by atoms with Crippen LogP contribution in [0.1, 0.15) is 31.4 Å². The van der Waals surface area contributed by atoms with Gasteiger partial charge in [0.25, 0.3) is 0 Å². The summed E-state index contributed by atoms with van der Waals surface area (Å²) in [5.74, 6) is 0.702. The van der Waals surface area contributed by atoms with Crippen LogP contribution < -0.4 is 10.1 Å². The normalized spacial score (nSPS) is 18.6. The van der Waals surface area contributed by atoms with Gasteiger partial charge in [-0.1, -0.05) is 6.07 Å². The van der Waals surface area contributed by atoms with E-state index in [-0.39, 0.29) is 11.8 Å². The maximum Gasteiger partial charge on any atom is 0.160 e. The number of aromatic hydroxyl groups is 1. The lowest BCUT2D eigenvalue weighted by Crippen LogP contribution is -2.36. The van der Waals surface area contributed by atoms with E-state index in [9.17, 15) is 5.11 Å². The fraction of sp³-hybridized carbons (Fsp3) is 0.571. The Balaban J connectivity index is 2.01. The highest BCUT2D eigenvalue weighted by atomic mass is 16.5. The van der Waals surface area contributed by atoms with Crippen LogP contribution in [0.2, 0.25) is 0 Å². The van der Waals surface area contributed by atoms with Gasteiger partial charge in [-0.2, -0.15) is 0 Å². The topological polar surface area (TPSA) is 50.7 Å². The summed E-state index contributed by atoms with van der Waals surface area (Å²) in [4.78, 5) is 0. The van der Waals surface area contributed by atoms with Gasteiger partial charge in [-0.05, 0) is 37.5 Å². The molecule has 2 rings (SSSR count). The second-order valence-corrected chi connectivity index (χ2v) is 4.71. The van der Waals surface area contributed by atoms with E-state index in [1.54, 1.807) is 13.2 Å². The highest BCUT2D eigenvalue weighted by molar-refractivity contribution is 5.42. The lowest BCUT2D eigenvalue weighted by atomic mass is 10.0. The zero-order valence-electron chi connectivity index (χ0n) is 11.0. The number of ether oxygens (including phenoxy) is 2. The average molecular weight is 251 g/mol. The molecule has 18 heavy (non-hydrogen) atoms. The molecule has 0 saturated carbocycles. The monoisotopic (exact) mass is 251 g/mol. The molecule has 1 heterocycles. The molecule has 100 valence electrons. The van der Waals surface area contributed by atoms with Crippen molar-refractivity contribution in [2.45, 2.75) is 31.8 Å². The van der Waals surface area contributed by atoms with Gasteiger partial charge in [-0.3, -0.25) is 0 Å². The van der Waals surface area contributed by atoms with Crippen molar-refractivity contribution in [3.05, 3.63) is 23.8 Å². The first kappa shape index (κ1) is 13.2. The highest BCUT2D eigenvalue weighted by Crippen LogP contribution is 2.29. The third-order valence-corrected chi connectivity index (χ3v) is 3.41. The smallest absolute Gasteiger partial charge is 0.160 e. The Hall–Kier alpha value is -1.26. The Kier molecular flexibility index (Phi) is 4.44. The van der Waals surface area contributed by atoms with Gasteiger partial charge < -0.3 is 19.9 Å². The van der Waals surface area contributed by atoms with Crippen LogP contribution in [0.5, 0.6) is 11.5 Å². The van der Waals surface area contributed by atoms with Gasteiger partial charge in [-0.15, -0.1) is 0 Å². The van der Waals surface area contributed by atoms with Crippen molar-refractivity contribution in [1.82, 2.24) is 5.32 Å². The van der Waals surface area contributed by atoms with E-state index < -0.39 is 0 Å². The summed E-state index contributed by atoms with van der Waals surface area (Å²) >= 11 is 0. The molecule has 1 aromatic carbocycles. The number of benzene rings is 1. The predicted octanol–water partition coefficient (Wildman–Crippen LogP) is 2.23. The highest BCUT2D eigenvalue weighted by Gasteiger charge is 2.17. The van der Waals surface area contributed by atoms with Crippen LogP contribution in [0.25, 0.3) is 0 Å². The molecule has 0 aromatic heterocycles. The van der Waals surface area contributed by atoms with Crippen LogP contribution in [0.4, 0.5) is 0 Å². The summed E-state index contributed by atoms with van der Waals surface area (Å²) in [5.41, 5.74) is 1.12. The summed E-state index contributed by atoms with van der Waals surface area (Å²) in [6, 6.07) is 6.23. The first-order chi connectivity index (χ1) is 8.70. The van der Waals surface area contributed by atoms with E-state index in [2.05, 4.69) is 12.2 Å². The van der Waals surface area contributed by atoms with E-state index in [0.717, 1.165) is 31.6 Å². The molecule has 4 nitrogen and oxygen atoms in total. The van der Waals surface area contributed by atoms with Gasteiger partial charge in [0.1, 0.15) is 0 Å². The lowest BCUT2D eigenvalue weighted by Gasteiger charge is -2.27. The maximum absolute atomic E-state index is 9.58. The van der Waals surface area contributed by atoms with Crippen LogP contribution in [0, 0.1) is 0 Å². The van der Waals surface area contributed by atoms with Crippen molar-refractivity contribution in [3.8, 4) is 11.5 Å². The molecule has 0 spiro atoms. The van der Waals surface area contributed by atoms with Crippen molar-refractivity contribution >= 4 is 0 Å². The molecule has 1 aliphatic rings. The number of methoxy groups -OCH3 is 1. The van der Waals surface area contributed by atoms with Crippen molar-refractivity contribution < 1.29 is 14.6 Å². The van der Waals surface area contributed by atoms with Gasteiger partial charge in [0.2, 0.25) is 0 Å². The molecule has 1 aliphatic heterocycles. The summed E-state index contributed by atoms with van der Waals surface area (Å²) in [5, 5.41) is 13.2. The fourth-order valence-corrected chi connectivity index (χ4v) is 2.28. The first-order valence-corrected chi connectivity index (χ1v) is 6.41. The van der Waals surface area contributed by atoms with Crippen molar-refractivity contribution in [3.63, 3.8) is 0 Å². The van der Waals surface area contributed by atoms with Gasteiger partial charge in [-0.25, -0.2) is 0 Å². The van der Waals surface area contributed by atoms with Crippen LogP contribution in [0.3, 0.4) is 0 Å². The summed E-state index contributed by atoms with van der Waals surface area (Å²) in [7, 11) is 1.56. The molecular formula is C14H21NO3. The lowest BCUT2D eigenvalue weighted by molar-refractivity contribution is 0.0754. The number of rotatable bonds is 4. The number of hydrogen-bond donors (Lipinski definition) is 2. The number of hydrogen-bond acceptors (Lipinski definition) is 4. The molecule has 0 bridgehead atoms. The molecule has 0 amide bonds. The minimum atomic E-state index is 0.180. The quantitative estimate of drug-likeness (QED) is 0.861. The van der Waals surface area contributed by atoms with E-state index in [4.69, 9.17) is 9.47 Å². The average Bonchev–Trinajstić information content (AvgIpc) is 2.40. The molecule has 1 atom stereocenters. The molecule has 2 N–H and O–H groups in total. The first-order valence-electron chi connectivity index (χ1n) is 6.41. The minimum Gasteiger partial charge on any atom is -0.504 e. The maximum atomic E-state index is 9.58. The molecule has 1 unspecified atom stereocenters. The molecule has 0 radical (unpaired) electrons. The van der Waals surface area contributed by atoms with Gasteiger partial charge in [0.15, 0.2) is 11.5 Å². The van der Waals surface area contributed by atoms with E-state index in [1.165, 1.54) is 0 Å². The molecule has 1 aromatic rings. The fourth-order valence-electron chi connectivity index (χ4n) is 2.28. The summed E-state index contributed by atoms with van der Waals surface area (Å²) in [6.07, 6.45) is 2.11. The predicted molar refractivity (Wildman–Crippen MR) is 70.1 cm³/mol. The largest absolute Gasteiger partial charge is 0.504 e. The summed E-state index contributed by atoms with van der Waals surface area (Å²) in [6.45, 7) is 3.80. The molecular weight excluding hydrogens is 230 g/mol. The second kappa shape index (κ2) is 6.07. The van der Waals surface area contributed by atoms with Crippen LogP contribution in [-0.4, -0.2) is 31.5 Å². The van der Waals surface area contributed by atoms with E-state index in [0.29, 0.717) is 11.8 Å². The van der Waals surface area contributed by atoms with Crippen molar-refractivity contribution in [2.24, 2.45) is 0 Å². The van der Waals surface area contributed by atoms with Gasteiger partial charge in [0, 0.05) is 25.3 Å². The van der Waals surface area contributed by atoms with Crippen LogP contribution >= 0.6 is 0 Å². The zero-order valence-corrected chi connectivity index (χ0v) is 11.0. The van der Waals surface area contributed by atoms with Crippen molar-refractivity contribution in [2.75, 3.05) is 20.3 Å². The number of phenols is 1. The van der Waals surface area contributed by atoms with Crippen LogP contribution in [-0.2, 0) is 4.74 Å². The Bertz CT molecular complexity index is 389. The molecule has 0 aliphatic carbocycles. The standard InChI is InChI=1S/C14H21NO3/c1-10(15-12-5-7-18-8-6-12)11-3-4-13(16)14(9-11)17-2/h3-4,9-10,12,15-16H,5-8H2,1-2H3. The molecule has 1 fully saturated rings. The Morgan fingerprint density at radius 3 is 2.78 bits per heavy atom. The SMILES string of the molecule is COc1cc(C(C)NC2CCOCC2)ccc1O. The van der Waals surface area contributed by atoms with Gasteiger partial charge >= 0.3 is 0 Å². The molecule has 1 saturated heterocycles. The Morgan fingerprint density at radius 1 is 1.39 bits per heavy atom. The van der Waals surface area contributed by atoms with Crippen molar-refractivity contribution in [1.29, 1.82) is 0 Å². The van der Waals surface area contributed by atoms with Crippen LogP contribution in [0.15, 0.2) is 18.2 Å². The Labute approximate surface area is 108 Å². The number of phenolic OH excluding ortho intramolecular Hbond substituents is 1. The van der Waals surface area contributed by atoms with E-state index >= 15 is 0 Å². The minimum absolute atomic E-state index is 0.180.